The van der Waals surface area contributed by atoms with Crippen LogP contribution < -0.4 is 5.32 Å². The van der Waals surface area contributed by atoms with Crippen molar-refractivity contribution in [2.24, 2.45) is 11.8 Å². The summed E-state index contributed by atoms with van der Waals surface area (Å²) >= 11 is 5.60. The molecule has 0 amide bonds. The zero-order chi connectivity index (χ0) is 15.4. The molecular weight excluding hydrogens is 295 g/mol. The highest BCUT2D eigenvalue weighted by atomic mass is 35.5. The zero-order valence-corrected chi connectivity index (χ0v) is 12.8. The first-order chi connectivity index (χ1) is 10.0. The minimum absolute atomic E-state index is 0.177. The second-order valence-corrected chi connectivity index (χ2v) is 6.12. The molecule has 21 heavy (non-hydrogen) atoms. The summed E-state index contributed by atoms with van der Waals surface area (Å²) in [5.74, 6) is 0.661. The number of anilines is 1. The fourth-order valence-electron chi connectivity index (χ4n) is 2.93. The van der Waals surface area contributed by atoms with E-state index in [1.54, 1.807) is 0 Å². The molecule has 116 valence electrons. The van der Waals surface area contributed by atoms with Crippen molar-refractivity contribution in [1.29, 1.82) is 0 Å². The van der Waals surface area contributed by atoms with E-state index in [1.807, 2.05) is 0 Å². The Balaban J connectivity index is 2.00. The van der Waals surface area contributed by atoms with Gasteiger partial charge in [-0.3, -0.25) is 10.1 Å². The lowest BCUT2D eigenvalue weighted by atomic mass is 9.81. The van der Waals surface area contributed by atoms with Gasteiger partial charge in [0, 0.05) is 18.7 Å². The van der Waals surface area contributed by atoms with E-state index < -0.39 is 10.7 Å². The van der Waals surface area contributed by atoms with E-state index in [2.05, 4.69) is 12.2 Å². The van der Waals surface area contributed by atoms with E-state index in [4.69, 9.17) is 11.6 Å². The van der Waals surface area contributed by atoms with Crippen LogP contribution in [0.15, 0.2) is 12.1 Å². The third-order valence-electron chi connectivity index (χ3n) is 4.36. The molecule has 1 fully saturated rings. The molecule has 0 atom stereocenters. The van der Waals surface area contributed by atoms with Crippen molar-refractivity contribution in [2.45, 2.75) is 39.0 Å². The Morgan fingerprint density at radius 1 is 1.33 bits per heavy atom. The van der Waals surface area contributed by atoms with Crippen molar-refractivity contribution >= 4 is 23.0 Å². The highest BCUT2D eigenvalue weighted by molar-refractivity contribution is 6.31. The van der Waals surface area contributed by atoms with Gasteiger partial charge in [0.15, 0.2) is 0 Å². The predicted molar refractivity (Wildman–Crippen MR) is 82.3 cm³/mol. The number of nitro benzene ring substituents is 1. The molecule has 1 aromatic rings. The van der Waals surface area contributed by atoms with Crippen molar-refractivity contribution in [2.75, 3.05) is 11.9 Å². The van der Waals surface area contributed by atoms with Crippen LogP contribution in [0.25, 0.3) is 0 Å². The number of hydrogen-bond acceptors (Lipinski definition) is 3. The number of benzene rings is 1. The summed E-state index contributed by atoms with van der Waals surface area (Å²) in [6.45, 7) is 2.85. The first-order valence-electron chi connectivity index (χ1n) is 7.38. The molecule has 0 bridgehead atoms. The molecule has 0 heterocycles. The molecule has 0 aliphatic heterocycles. The molecule has 0 saturated heterocycles. The molecule has 0 radical (unpaired) electrons. The van der Waals surface area contributed by atoms with E-state index in [-0.39, 0.29) is 16.4 Å². The standard InChI is InChI=1S/C15H20ClFN2O2/c1-2-10-3-5-11(6-4-10)9-18-14-8-13(17)12(16)7-15(14)19(20)21/h7-8,10-11,18H,2-6,9H2,1H3. The summed E-state index contributed by atoms with van der Waals surface area (Å²) in [7, 11) is 0. The molecular formula is C15H20ClFN2O2. The third kappa shape index (κ3) is 4.06. The van der Waals surface area contributed by atoms with Gasteiger partial charge in [-0.25, -0.2) is 4.39 Å². The van der Waals surface area contributed by atoms with Crippen LogP contribution in [0.4, 0.5) is 15.8 Å². The van der Waals surface area contributed by atoms with E-state index in [9.17, 15) is 14.5 Å². The van der Waals surface area contributed by atoms with Gasteiger partial charge in [-0.1, -0.05) is 37.8 Å². The average Bonchev–Trinajstić information content (AvgIpc) is 2.48. The topological polar surface area (TPSA) is 55.2 Å². The summed E-state index contributed by atoms with van der Waals surface area (Å²) in [6, 6.07) is 2.17. The van der Waals surface area contributed by atoms with Gasteiger partial charge in [0.25, 0.3) is 5.69 Å². The van der Waals surface area contributed by atoms with Crippen molar-refractivity contribution in [1.82, 2.24) is 0 Å². The molecule has 1 aliphatic rings. The Morgan fingerprint density at radius 2 is 1.95 bits per heavy atom. The Kier molecular flexibility index (Phi) is 5.39. The largest absolute Gasteiger partial charge is 0.379 e. The van der Waals surface area contributed by atoms with E-state index >= 15 is 0 Å². The number of hydrogen-bond donors (Lipinski definition) is 1. The second kappa shape index (κ2) is 7.07. The van der Waals surface area contributed by atoms with Gasteiger partial charge in [-0.2, -0.15) is 0 Å². The number of nitrogens with zero attached hydrogens (tertiary/aromatic N) is 1. The number of rotatable bonds is 5. The van der Waals surface area contributed by atoms with Crippen LogP contribution in [0.3, 0.4) is 0 Å². The van der Waals surface area contributed by atoms with Gasteiger partial charge in [0.1, 0.15) is 11.5 Å². The lowest BCUT2D eigenvalue weighted by molar-refractivity contribution is -0.384. The average molecular weight is 315 g/mol. The monoisotopic (exact) mass is 314 g/mol. The van der Waals surface area contributed by atoms with Crippen LogP contribution >= 0.6 is 11.6 Å². The normalized spacial score (nSPS) is 22.0. The van der Waals surface area contributed by atoms with Crippen LogP contribution in [-0.4, -0.2) is 11.5 Å². The number of nitrogens with one attached hydrogen (secondary N) is 1. The molecule has 1 saturated carbocycles. The Bertz CT molecular complexity index is 517. The fourth-order valence-corrected chi connectivity index (χ4v) is 3.09. The fraction of sp³-hybridized carbons (Fsp3) is 0.600. The number of halogens is 2. The molecule has 0 spiro atoms. The van der Waals surface area contributed by atoms with Gasteiger partial charge in [0.2, 0.25) is 0 Å². The Morgan fingerprint density at radius 3 is 2.52 bits per heavy atom. The lowest BCUT2D eigenvalue weighted by Gasteiger charge is -2.28. The van der Waals surface area contributed by atoms with Crippen molar-refractivity contribution < 1.29 is 9.31 Å². The third-order valence-corrected chi connectivity index (χ3v) is 4.65. The summed E-state index contributed by atoms with van der Waals surface area (Å²) in [5.41, 5.74) is 0.0307. The molecule has 0 unspecified atom stereocenters. The van der Waals surface area contributed by atoms with Crippen LogP contribution in [0.5, 0.6) is 0 Å². The highest BCUT2D eigenvalue weighted by Crippen LogP contribution is 2.33. The van der Waals surface area contributed by atoms with Gasteiger partial charge in [0.05, 0.1) is 9.95 Å². The smallest absolute Gasteiger partial charge is 0.294 e. The number of nitro groups is 1. The summed E-state index contributed by atoms with van der Waals surface area (Å²) in [5, 5.41) is 13.8. The molecule has 1 N–H and O–H groups in total. The van der Waals surface area contributed by atoms with Crippen molar-refractivity contribution in [3.8, 4) is 0 Å². The second-order valence-electron chi connectivity index (χ2n) is 5.72. The van der Waals surface area contributed by atoms with Crippen LogP contribution in [0.2, 0.25) is 5.02 Å². The Hall–Kier alpha value is -1.36. The van der Waals surface area contributed by atoms with Crippen LogP contribution in [-0.2, 0) is 0 Å². The summed E-state index contributed by atoms with van der Waals surface area (Å²) < 4.78 is 13.5. The van der Waals surface area contributed by atoms with Crippen LogP contribution in [0, 0.1) is 27.8 Å². The maximum absolute atomic E-state index is 13.5. The van der Waals surface area contributed by atoms with Crippen molar-refractivity contribution in [3.05, 3.63) is 33.1 Å². The minimum atomic E-state index is -0.639. The van der Waals surface area contributed by atoms with Gasteiger partial charge < -0.3 is 5.32 Å². The molecule has 2 rings (SSSR count). The molecule has 1 aliphatic carbocycles. The first kappa shape index (κ1) is 16.0. The minimum Gasteiger partial charge on any atom is -0.379 e. The van der Waals surface area contributed by atoms with E-state index in [1.165, 1.54) is 19.3 Å². The van der Waals surface area contributed by atoms with Crippen molar-refractivity contribution in [3.63, 3.8) is 0 Å². The van der Waals surface area contributed by atoms with Gasteiger partial charge in [-0.15, -0.1) is 0 Å². The summed E-state index contributed by atoms with van der Waals surface area (Å²) in [6.07, 6.45) is 5.87. The first-order valence-corrected chi connectivity index (χ1v) is 7.76. The van der Waals surface area contributed by atoms with Gasteiger partial charge in [-0.05, 0) is 24.7 Å². The zero-order valence-electron chi connectivity index (χ0n) is 12.1. The Labute approximate surface area is 128 Å². The molecule has 6 heteroatoms. The van der Waals surface area contributed by atoms with E-state index in [0.717, 1.165) is 30.9 Å². The quantitative estimate of drug-likeness (QED) is 0.613. The lowest BCUT2D eigenvalue weighted by Crippen LogP contribution is -2.21. The molecule has 0 aromatic heterocycles. The van der Waals surface area contributed by atoms with Crippen LogP contribution in [0.1, 0.15) is 39.0 Å². The summed E-state index contributed by atoms with van der Waals surface area (Å²) in [4.78, 5) is 10.5. The SMILES string of the molecule is CCC1CCC(CNc2cc(F)c(Cl)cc2[N+](=O)[O-])CC1. The maximum atomic E-state index is 13.5. The highest BCUT2D eigenvalue weighted by Gasteiger charge is 2.22. The maximum Gasteiger partial charge on any atom is 0.294 e. The molecule has 4 nitrogen and oxygen atoms in total. The predicted octanol–water partition coefficient (Wildman–Crippen LogP) is 5.02. The van der Waals surface area contributed by atoms with Gasteiger partial charge >= 0.3 is 0 Å². The van der Waals surface area contributed by atoms with E-state index in [0.29, 0.717) is 12.5 Å². The molecule has 1 aromatic carbocycles.